The molecule has 1 heteroatoms. The van der Waals surface area contributed by atoms with Crippen molar-refractivity contribution in [3.05, 3.63) is 106 Å². The first-order chi connectivity index (χ1) is 19.3. The average molecular weight is 561 g/mol. The summed E-state index contributed by atoms with van der Waals surface area (Å²) in [5.41, 5.74) is 9.37. The molecule has 0 amide bonds. The minimum atomic E-state index is -0.547. The van der Waals surface area contributed by atoms with E-state index in [1.54, 1.807) is 0 Å². The van der Waals surface area contributed by atoms with Gasteiger partial charge in [-0.1, -0.05) is 106 Å². The van der Waals surface area contributed by atoms with Crippen molar-refractivity contribution in [2.24, 2.45) is 0 Å². The molecular weight excluding hydrogens is 496 g/mol. The van der Waals surface area contributed by atoms with Crippen molar-refractivity contribution in [2.45, 2.75) is 145 Å². The second-order valence-electron chi connectivity index (χ2n) is 12.9. The molecule has 0 aromatic heterocycles. The fraction of sp³-hybridized carbons (Fsp3) is 0.550. The molecule has 0 rings (SSSR count). The zero-order chi connectivity index (χ0) is 31.1. The zero-order valence-corrected chi connectivity index (χ0v) is 28.6. The third kappa shape index (κ3) is 27.6. The molecule has 0 heterocycles. The Bertz CT molecular complexity index is 1000. The summed E-state index contributed by atoms with van der Waals surface area (Å²) in [7, 11) is 0. The lowest BCUT2D eigenvalue weighted by Crippen LogP contribution is -2.17. The van der Waals surface area contributed by atoms with E-state index in [1.165, 1.54) is 45.4 Å². The molecular formula is C40H64O. The molecule has 0 bridgehead atoms. The van der Waals surface area contributed by atoms with Gasteiger partial charge in [-0.2, -0.15) is 0 Å². The third-order valence-electron chi connectivity index (χ3n) is 7.14. The lowest BCUT2D eigenvalue weighted by Gasteiger charge is -2.16. The van der Waals surface area contributed by atoms with Crippen LogP contribution in [0.5, 0.6) is 0 Å². The predicted octanol–water partition coefficient (Wildman–Crippen LogP) is 12.8. The summed E-state index contributed by atoms with van der Waals surface area (Å²) in [6.45, 7) is 21.4. The van der Waals surface area contributed by atoms with Gasteiger partial charge in [-0.3, -0.25) is 0 Å². The fourth-order valence-electron chi connectivity index (χ4n) is 4.35. The van der Waals surface area contributed by atoms with E-state index in [1.807, 2.05) is 13.8 Å². The summed E-state index contributed by atoms with van der Waals surface area (Å²) in [5, 5.41) is 9.84. The Labute approximate surface area is 256 Å². The first-order valence-corrected chi connectivity index (χ1v) is 16.0. The molecule has 0 aromatic carbocycles. The van der Waals surface area contributed by atoms with Gasteiger partial charge in [0.2, 0.25) is 0 Å². The highest BCUT2D eigenvalue weighted by Gasteiger charge is 2.11. The Morgan fingerprint density at radius 3 is 1.41 bits per heavy atom. The van der Waals surface area contributed by atoms with Crippen LogP contribution < -0.4 is 0 Å². The average Bonchev–Trinajstić information content (AvgIpc) is 2.85. The van der Waals surface area contributed by atoms with Crippen LogP contribution in [0.25, 0.3) is 0 Å². The molecule has 0 fully saturated rings. The van der Waals surface area contributed by atoms with Gasteiger partial charge in [0.25, 0.3) is 0 Å². The number of aliphatic hydroxyl groups is 1. The van der Waals surface area contributed by atoms with Gasteiger partial charge in [-0.15, -0.1) is 0 Å². The van der Waals surface area contributed by atoms with Crippen LogP contribution in [-0.4, -0.2) is 10.7 Å². The molecule has 0 unspecified atom stereocenters. The van der Waals surface area contributed by atoms with E-state index >= 15 is 0 Å². The molecule has 0 aliphatic carbocycles. The van der Waals surface area contributed by atoms with Crippen molar-refractivity contribution in [1.29, 1.82) is 0 Å². The molecule has 0 atom stereocenters. The highest BCUT2D eigenvalue weighted by Crippen LogP contribution is 2.17. The lowest BCUT2D eigenvalue weighted by molar-refractivity contribution is 0.0689. The van der Waals surface area contributed by atoms with Gasteiger partial charge in [0.15, 0.2) is 0 Å². The first-order valence-electron chi connectivity index (χ1n) is 16.0. The van der Waals surface area contributed by atoms with Crippen LogP contribution in [0.3, 0.4) is 0 Å². The van der Waals surface area contributed by atoms with E-state index in [-0.39, 0.29) is 0 Å². The van der Waals surface area contributed by atoms with E-state index in [0.717, 1.165) is 64.2 Å². The third-order valence-corrected chi connectivity index (χ3v) is 7.14. The Hall–Kier alpha value is -2.38. The molecule has 1 nitrogen and oxygen atoms in total. The van der Waals surface area contributed by atoms with Gasteiger partial charge in [0.1, 0.15) is 0 Å². The second kappa shape index (κ2) is 23.2. The van der Waals surface area contributed by atoms with Crippen molar-refractivity contribution in [2.75, 3.05) is 0 Å². The molecule has 0 aliphatic rings. The Kier molecular flexibility index (Phi) is 21.9. The summed E-state index contributed by atoms with van der Waals surface area (Å²) in [6.07, 6.45) is 36.8. The second-order valence-corrected chi connectivity index (χ2v) is 12.9. The Morgan fingerprint density at radius 2 is 0.927 bits per heavy atom. The number of hydrogen-bond acceptors (Lipinski definition) is 1. The van der Waals surface area contributed by atoms with Crippen molar-refractivity contribution in [1.82, 2.24) is 0 Å². The number of hydrogen-bond donors (Lipinski definition) is 1. The summed E-state index contributed by atoms with van der Waals surface area (Å²) in [4.78, 5) is 0. The van der Waals surface area contributed by atoms with E-state index in [9.17, 15) is 5.11 Å². The molecule has 41 heavy (non-hydrogen) atoms. The smallest absolute Gasteiger partial charge is 0.0591 e. The largest absolute Gasteiger partial charge is 0.390 e. The first kappa shape index (κ1) is 38.6. The quantitative estimate of drug-likeness (QED) is 0.116. The summed E-state index contributed by atoms with van der Waals surface area (Å²) in [6, 6.07) is 0. The van der Waals surface area contributed by atoms with Crippen LogP contribution in [0, 0.1) is 0 Å². The minimum absolute atomic E-state index is 0.547. The molecule has 0 saturated carbocycles. The maximum atomic E-state index is 9.84. The van der Waals surface area contributed by atoms with Gasteiger partial charge in [0.05, 0.1) is 5.60 Å². The maximum absolute atomic E-state index is 9.84. The van der Waals surface area contributed by atoms with Gasteiger partial charge in [-0.05, 0) is 140 Å². The normalized spacial score (nSPS) is 15.0. The van der Waals surface area contributed by atoms with E-state index in [0.29, 0.717) is 0 Å². The number of rotatable bonds is 20. The van der Waals surface area contributed by atoms with Gasteiger partial charge < -0.3 is 5.11 Å². The van der Waals surface area contributed by atoms with Crippen LogP contribution in [0.15, 0.2) is 106 Å². The predicted molar refractivity (Wildman–Crippen MR) is 187 cm³/mol. The monoisotopic (exact) mass is 560 g/mol. The Balaban J connectivity index is 4.37. The van der Waals surface area contributed by atoms with Gasteiger partial charge >= 0.3 is 0 Å². The van der Waals surface area contributed by atoms with E-state index in [2.05, 4.69) is 122 Å². The van der Waals surface area contributed by atoms with Crippen molar-refractivity contribution < 1.29 is 5.11 Å². The molecule has 0 aromatic rings. The van der Waals surface area contributed by atoms with Crippen LogP contribution in [0.1, 0.15) is 140 Å². The minimum Gasteiger partial charge on any atom is -0.390 e. The molecule has 0 radical (unpaired) electrons. The maximum Gasteiger partial charge on any atom is 0.0591 e. The number of allylic oxidation sites excluding steroid dienone is 18. The highest BCUT2D eigenvalue weighted by atomic mass is 16.3. The molecule has 230 valence electrons. The zero-order valence-electron chi connectivity index (χ0n) is 28.6. The summed E-state index contributed by atoms with van der Waals surface area (Å²) >= 11 is 0. The summed E-state index contributed by atoms with van der Waals surface area (Å²) in [5.74, 6) is 0. The van der Waals surface area contributed by atoms with E-state index < -0.39 is 5.60 Å². The standard InChI is InChI=1S/C40H64O/c1-33(2)19-13-22-36(5)25-16-28-37(6)26-14-23-34(3)20-11-12-21-35(4)24-15-27-38(7)29-17-30-39(8)31-18-32-40(9,10)41/h11-12,14,19-21,23,25-27,30,41H,13,15-18,22,24,28-29,31-32H2,1-10H3/b12-11+,23-14+,34-20+,35-21+,36-25+,37-26+,38-27+,39-30+. The molecule has 1 N–H and O–H groups in total. The molecule has 0 aliphatic heterocycles. The van der Waals surface area contributed by atoms with Crippen molar-refractivity contribution >= 4 is 0 Å². The molecule has 0 spiro atoms. The fourth-order valence-corrected chi connectivity index (χ4v) is 4.35. The highest BCUT2D eigenvalue weighted by molar-refractivity contribution is 5.27. The SMILES string of the molecule is CC(C)=CCC/C(C)=C/CC/C(C)=C/C=C/C(C)=C/C=C/C=C(\C)CC/C=C(\C)CC/C=C(\C)CCCC(C)(C)O. The van der Waals surface area contributed by atoms with Crippen LogP contribution in [0.2, 0.25) is 0 Å². The van der Waals surface area contributed by atoms with Crippen LogP contribution in [0.4, 0.5) is 0 Å². The topological polar surface area (TPSA) is 20.2 Å². The van der Waals surface area contributed by atoms with Crippen molar-refractivity contribution in [3.8, 4) is 0 Å². The van der Waals surface area contributed by atoms with Gasteiger partial charge in [-0.25, -0.2) is 0 Å². The van der Waals surface area contributed by atoms with Gasteiger partial charge in [0, 0.05) is 0 Å². The van der Waals surface area contributed by atoms with E-state index in [4.69, 9.17) is 0 Å². The summed E-state index contributed by atoms with van der Waals surface area (Å²) < 4.78 is 0. The van der Waals surface area contributed by atoms with Crippen LogP contribution >= 0.6 is 0 Å². The lowest BCUT2D eigenvalue weighted by atomic mass is 9.99. The Morgan fingerprint density at radius 1 is 0.512 bits per heavy atom. The van der Waals surface area contributed by atoms with Crippen LogP contribution in [-0.2, 0) is 0 Å². The van der Waals surface area contributed by atoms with Crippen molar-refractivity contribution in [3.63, 3.8) is 0 Å². The molecule has 0 saturated heterocycles.